The molecule has 1 amide bonds. The summed E-state index contributed by atoms with van der Waals surface area (Å²) in [7, 11) is -4.05. The van der Waals surface area contributed by atoms with Crippen LogP contribution in [-0.2, 0) is 21.4 Å². The molecule has 0 aromatic heterocycles. The van der Waals surface area contributed by atoms with Crippen molar-refractivity contribution in [3.8, 4) is 0 Å². The number of carbonyl (C=O) groups is 1. The van der Waals surface area contributed by atoms with Crippen molar-refractivity contribution in [2.75, 3.05) is 28.8 Å². The molecule has 190 valence electrons. The van der Waals surface area contributed by atoms with Crippen LogP contribution in [0.15, 0.2) is 77.7 Å². The molecule has 1 unspecified atom stereocenters. The van der Waals surface area contributed by atoms with Crippen LogP contribution in [0.3, 0.4) is 0 Å². The van der Waals surface area contributed by atoms with Crippen LogP contribution in [0.4, 0.5) is 11.4 Å². The molecule has 0 spiro atoms. The molecule has 1 fully saturated rings. The molecule has 9 heteroatoms. The fraction of sp³-hybridized carbons (Fsp3) is 0.296. The molecule has 4 rings (SSSR count). The van der Waals surface area contributed by atoms with Crippen molar-refractivity contribution in [1.29, 1.82) is 0 Å². The Kier molecular flexibility index (Phi) is 8.44. The lowest BCUT2D eigenvalue weighted by atomic mass is 9.99. The summed E-state index contributed by atoms with van der Waals surface area (Å²) in [5.74, 6) is 0.233. The van der Waals surface area contributed by atoms with Gasteiger partial charge in [-0.2, -0.15) is 0 Å². The van der Waals surface area contributed by atoms with E-state index in [2.05, 4.69) is 29.3 Å². The van der Waals surface area contributed by atoms with Crippen LogP contribution < -0.4 is 14.5 Å². The number of nitrogens with one attached hydrogen (secondary N) is 1. The highest BCUT2D eigenvalue weighted by atomic mass is 35.5. The summed E-state index contributed by atoms with van der Waals surface area (Å²) in [5.41, 5.74) is 2.29. The predicted octanol–water partition coefficient (Wildman–Crippen LogP) is 5.74. The number of hydrogen-bond acceptors (Lipinski definition) is 4. The van der Waals surface area contributed by atoms with Gasteiger partial charge in [-0.15, -0.1) is 0 Å². The van der Waals surface area contributed by atoms with Gasteiger partial charge in [-0.25, -0.2) is 8.42 Å². The standard InChI is InChI=1S/C27H29Cl2N3O3S/c1-20-6-5-15-31(18-20)23-12-9-21(10-13-23)17-30-27(33)19-32(26-14-11-22(28)16-25(26)29)36(34,35)24-7-3-2-4-8-24/h2-4,7-14,16,20H,5-6,15,17-19H2,1H3,(H,30,33). The largest absolute Gasteiger partial charge is 0.371 e. The Morgan fingerprint density at radius 3 is 2.44 bits per heavy atom. The average molecular weight is 547 g/mol. The Labute approximate surface area is 222 Å². The van der Waals surface area contributed by atoms with E-state index in [-0.39, 0.29) is 22.2 Å². The van der Waals surface area contributed by atoms with Gasteiger partial charge in [-0.1, -0.05) is 60.5 Å². The average Bonchev–Trinajstić information content (AvgIpc) is 2.87. The molecule has 1 heterocycles. The van der Waals surface area contributed by atoms with Crippen molar-refractivity contribution in [3.05, 3.63) is 88.4 Å². The first-order valence-corrected chi connectivity index (χ1v) is 14.1. The first-order chi connectivity index (χ1) is 17.2. The lowest BCUT2D eigenvalue weighted by Crippen LogP contribution is -2.40. The van der Waals surface area contributed by atoms with Crippen LogP contribution in [0.5, 0.6) is 0 Å². The van der Waals surface area contributed by atoms with Crippen molar-refractivity contribution in [2.24, 2.45) is 5.92 Å². The van der Waals surface area contributed by atoms with E-state index in [1.165, 1.54) is 42.8 Å². The number of rotatable bonds is 8. The van der Waals surface area contributed by atoms with Gasteiger partial charge in [0.15, 0.2) is 0 Å². The van der Waals surface area contributed by atoms with Gasteiger partial charge in [0.05, 0.1) is 15.6 Å². The number of piperidine rings is 1. The lowest BCUT2D eigenvalue weighted by Gasteiger charge is -2.32. The number of hydrogen-bond donors (Lipinski definition) is 1. The third kappa shape index (κ3) is 6.33. The minimum absolute atomic E-state index is 0.0615. The molecule has 1 N–H and O–H groups in total. The van der Waals surface area contributed by atoms with Crippen LogP contribution in [0.25, 0.3) is 0 Å². The van der Waals surface area contributed by atoms with Crippen molar-refractivity contribution < 1.29 is 13.2 Å². The van der Waals surface area contributed by atoms with Crippen LogP contribution in [0.2, 0.25) is 10.0 Å². The second-order valence-electron chi connectivity index (χ2n) is 9.06. The van der Waals surface area contributed by atoms with E-state index in [1.807, 2.05) is 12.1 Å². The fourth-order valence-corrected chi connectivity index (χ4v) is 6.36. The topological polar surface area (TPSA) is 69.7 Å². The Morgan fingerprint density at radius 1 is 1.06 bits per heavy atom. The normalized spacial score (nSPS) is 16.0. The van der Waals surface area contributed by atoms with Gasteiger partial charge < -0.3 is 10.2 Å². The molecule has 1 aliphatic rings. The summed E-state index contributed by atoms with van der Waals surface area (Å²) in [4.78, 5) is 15.4. The minimum Gasteiger partial charge on any atom is -0.371 e. The van der Waals surface area contributed by atoms with Crippen LogP contribution in [-0.4, -0.2) is 34.0 Å². The van der Waals surface area contributed by atoms with Gasteiger partial charge in [-0.3, -0.25) is 9.10 Å². The molecule has 1 atom stereocenters. The Bertz CT molecular complexity index is 1300. The van der Waals surface area contributed by atoms with Crippen LogP contribution >= 0.6 is 23.2 Å². The first kappa shape index (κ1) is 26.3. The summed E-state index contributed by atoms with van der Waals surface area (Å²) in [6.07, 6.45) is 2.46. The molecule has 1 saturated heterocycles. The summed E-state index contributed by atoms with van der Waals surface area (Å²) in [6.45, 7) is 4.23. The third-order valence-electron chi connectivity index (χ3n) is 6.25. The first-order valence-electron chi connectivity index (χ1n) is 11.9. The number of halogens is 2. The van der Waals surface area contributed by atoms with Gasteiger partial charge in [-0.05, 0) is 66.8 Å². The van der Waals surface area contributed by atoms with E-state index in [4.69, 9.17) is 23.2 Å². The zero-order valence-electron chi connectivity index (χ0n) is 20.0. The maximum atomic E-state index is 13.4. The molecule has 3 aromatic carbocycles. The monoisotopic (exact) mass is 545 g/mol. The molecule has 0 radical (unpaired) electrons. The molecule has 0 bridgehead atoms. The maximum Gasteiger partial charge on any atom is 0.264 e. The number of benzene rings is 3. The summed E-state index contributed by atoms with van der Waals surface area (Å²) in [6, 6.07) is 20.6. The molecular weight excluding hydrogens is 517 g/mol. The number of amides is 1. The van der Waals surface area contributed by atoms with E-state index in [9.17, 15) is 13.2 Å². The van der Waals surface area contributed by atoms with E-state index >= 15 is 0 Å². The Hall–Kier alpha value is -2.74. The van der Waals surface area contributed by atoms with Gasteiger partial charge >= 0.3 is 0 Å². The van der Waals surface area contributed by atoms with Crippen LogP contribution in [0, 0.1) is 5.92 Å². The number of sulfonamides is 1. The summed E-state index contributed by atoms with van der Waals surface area (Å²) < 4.78 is 27.9. The van der Waals surface area contributed by atoms with E-state index < -0.39 is 22.5 Å². The smallest absolute Gasteiger partial charge is 0.264 e. The molecule has 0 aliphatic carbocycles. The van der Waals surface area contributed by atoms with Crippen molar-refractivity contribution in [3.63, 3.8) is 0 Å². The van der Waals surface area contributed by atoms with Crippen molar-refractivity contribution in [1.82, 2.24) is 5.32 Å². The minimum atomic E-state index is -4.05. The van der Waals surface area contributed by atoms with Crippen LogP contribution in [0.1, 0.15) is 25.3 Å². The fourth-order valence-electron chi connectivity index (χ4n) is 4.34. The second kappa shape index (κ2) is 11.5. The SMILES string of the molecule is CC1CCCN(c2ccc(CNC(=O)CN(c3ccc(Cl)cc3Cl)S(=O)(=O)c3ccccc3)cc2)C1. The molecule has 3 aromatic rings. The zero-order valence-corrected chi connectivity index (χ0v) is 22.4. The summed E-state index contributed by atoms with van der Waals surface area (Å²) >= 11 is 12.3. The van der Waals surface area contributed by atoms with E-state index in [1.54, 1.807) is 24.3 Å². The molecule has 1 aliphatic heterocycles. The Balaban J connectivity index is 1.47. The van der Waals surface area contributed by atoms with Gasteiger partial charge in [0.25, 0.3) is 10.0 Å². The van der Waals surface area contributed by atoms with Gasteiger partial charge in [0.2, 0.25) is 5.91 Å². The second-order valence-corrected chi connectivity index (χ2v) is 11.8. The maximum absolute atomic E-state index is 13.4. The highest BCUT2D eigenvalue weighted by Crippen LogP contribution is 2.32. The van der Waals surface area contributed by atoms with Crippen molar-refractivity contribution >= 4 is 50.5 Å². The number of carbonyl (C=O) groups excluding carboxylic acids is 1. The summed E-state index contributed by atoms with van der Waals surface area (Å²) in [5, 5.41) is 3.34. The highest BCUT2D eigenvalue weighted by Gasteiger charge is 2.28. The van der Waals surface area contributed by atoms with E-state index in [0.29, 0.717) is 10.9 Å². The molecule has 0 saturated carbocycles. The van der Waals surface area contributed by atoms with E-state index in [0.717, 1.165) is 23.0 Å². The van der Waals surface area contributed by atoms with Crippen molar-refractivity contribution in [2.45, 2.75) is 31.2 Å². The lowest BCUT2D eigenvalue weighted by molar-refractivity contribution is -0.119. The van der Waals surface area contributed by atoms with Gasteiger partial charge in [0, 0.05) is 30.3 Å². The molecule has 6 nitrogen and oxygen atoms in total. The third-order valence-corrected chi connectivity index (χ3v) is 8.56. The zero-order chi connectivity index (χ0) is 25.7. The Morgan fingerprint density at radius 2 is 1.78 bits per heavy atom. The molecular formula is C27H29Cl2N3O3S. The quantitative estimate of drug-likeness (QED) is 0.391. The number of nitrogens with zero attached hydrogens (tertiary/aromatic N) is 2. The predicted molar refractivity (Wildman–Crippen MR) is 146 cm³/mol. The van der Waals surface area contributed by atoms with Gasteiger partial charge in [0.1, 0.15) is 6.54 Å². The highest BCUT2D eigenvalue weighted by molar-refractivity contribution is 7.92. The number of anilines is 2. The molecule has 36 heavy (non-hydrogen) atoms.